The number of anilines is 6. The number of aromatic nitrogens is 2. The number of benzene rings is 2. The van der Waals surface area contributed by atoms with Crippen LogP contribution < -0.4 is 19.8 Å². The molecule has 0 unspecified atom stereocenters. The highest BCUT2D eigenvalue weighted by atomic mass is 35.5. The van der Waals surface area contributed by atoms with Gasteiger partial charge in [-0.3, -0.25) is 9.21 Å². The Labute approximate surface area is 269 Å². The molecule has 1 aromatic heterocycles. The second-order valence-corrected chi connectivity index (χ2v) is 14.5. The highest BCUT2D eigenvalue weighted by molar-refractivity contribution is 7.92. The van der Waals surface area contributed by atoms with Crippen LogP contribution in [0, 0.1) is 6.92 Å². The number of sulfonamides is 1. The first-order chi connectivity index (χ1) is 20.4. The van der Waals surface area contributed by atoms with Crippen molar-refractivity contribution >= 4 is 79.3 Å². The Bertz CT molecular complexity index is 1580. The van der Waals surface area contributed by atoms with E-state index >= 15 is 0 Å². The van der Waals surface area contributed by atoms with Gasteiger partial charge >= 0.3 is 0 Å². The first kappa shape index (κ1) is 31.9. The molecule has 2 aliphatic rings. The van der Waals surface area contributed by atoms with Gasteiger partial charge in [0.1, 0.15) is 5.02 Å². The molecule has 3 aromatic rings. The summed E-state index contributed by atoms with van der Waals surface area (Å²) in [7, 11) is 0.131. The molecule has 5 rings (SSSR count). The summed E-state index contributed by atoms with van der Waals surface area (Å²) in [6, 6.07) is 9.48. The highest BCUT2D eigenvalue weighted by Gasteiger charge is 2.27. The normalized spacial score (nSPS) is 17.2. The summed E-state index contributed by atoms with van der Waals surface area (Å²) >= 11 is 19.4. The zero-order chi connectivity index (χ0) is 30.9. The molecule has 2 saturated heterocycles. The van der Waals surface area contributed by atoms with Crippen LogP contribution >= 0.6 is 34.8 Å². The largest absolute Gasteiger partial charge is 0.371 e. The second kappa shape index (κ2) is 13.2. The maximum Gasteiger partial charge on any atom is 0.232 e. The predicted molar refractivity (Wildman–Crippen MR) is 179 cm³/mol. The van der Waals surface area contributed by atoms with Crippen LogP contribution in [0.15, 0.2) is 36.5 Å². The third-order valence-electron chi connectivity index (χ3n) is 8.18. The lowest BCUT2D eigenvalue weighted by Gasteiger charge is -2.43. The summed E-state index contributed by atoms with van der Waals surface area (Å²) in [5, 5.41) is 7.54. The number of hydrogen-bond acceptors (Lipinski definition) is 9. The van der Waals surface area contributed by atoms with Gasteiger partial charge in [0.15, 0.2) is 5.82 Å². The van der Waals surface area contributed by atoms with Crippen LogP contribution in [-0.4, -0.2) is 93.8 Å². The van der Waals surface area contributed by atoms with Gasteiger partial charge in [0.2, 0.25) is 16.0 Å². The summed E-state index contributed by atoms with van der Waals surface area (Å²) in [4.78, 5) is 16.3. The fourth-order valence-corrected chi connectivity index (χ4v) is 6.62. The SMILES string of the molecule is Cc1cc(Nc2ncc(Cl)c(Nc3cc(Cl)ccc3N(C)S(C)(=O)=O)n2)c(Cl)cc1N1CCC(N2CCN(C)CC2)CC1. The third-order valence-corrected chi connectivity index (χ3v) is 10.2. The Balaban J connectivity index is 1.30. The van der Waals surface area contributed by atoms with E-state index in [0.29, 0.717) is 33.1 Å². The van der Waals surface area contributed by atoms with Crippen LogP contribution in [0.1, 0.15) is 18.4 Å². The van der Waals surface area contributed by atoms with Crippen molar-refractivity contribution in [2.24, 2.45) is 0 Å². The van der Waals surface area contributed by atoms with Crippen molar-refractivity contribution in [3.8, 4) is 0 Å². The summed E-state index contributed by atoms with van der Waals surface area (Å²) in [5.74, 6) is 0.547. The fraction of sp³-hybridized carbons (Fsp3) is 0.448. The Hall–Kier alpha value is -2.54. The quantitative estimate of drug-likeness (QED) is 0.307. The van der Waals surface area contributed by atoms with E-state index in [1.807, 2.05) is 12.1 Å². The topological polar surface area (TPSA) is 96.9 Å². The molecule has 0 atom stereocenters. The number of rotatable bonds is 8. The van der Waals surface area contributed by atoms with Gasteiger partial charge in [-0.05, 0) is 62.7 Å². The Kier molecular flexibility index (Phi) is 9.79. The zero-order valence-corrected chi connectivity index (χ0v) is 27.8. The first-order valence-corrected chi connectivity index (χ1v) is 17.1. The van der Waals surface area contributed by atoms with Gasteiger partial charge in [0, 0.05) is 63.1 Å². The van der Waals surface area contributed by atoms with Crippen molar-refractivity contribution in [1.29, 1.82) is 0 Å². The molecule has 0 bridgehead atoms. The summed E-state index contributed by atoms with van der Waals surface area (Å²) in [5.41, 5.74) is 3.71. The Morgan fingerprint density at radius 1 is 0.930 bits per heavy atom. The Morgan fingerprint density at radius 2 is 1.63 bits per heavy atom. The molecule has 232 valence electrons. The van der Waals surface area contributed by atoms with Gasteiger partial charge in [0.25, 0.3) is 0 Å². The van der Waals surface area contributed by atoms with Crippen LogP contribution in [0.2, 0.25) is 15.1 Å². The second-order valence-electron chi connectivity index (χ2n) is 11.2. The van der Waals surface area contributed by atoms with Crippen molar-refractivity contribution < 1.29 is 8.42 Å². The van der Waals surface area contributed by atoms with Gasteiger partial charge in [-0.25, -0.2) is 13.4 Å². The van der Waals surface area contributed by atoms with E-state index in [9.17, 15) is 8.42 Å². The number of piperidine rings is 1. The van der Waals surface area contributed by atoms with Crippen LogP contribution in [-0.2, 0) is 10.0 Å². The molecule has 2 N–H and O–H groups in total. The van der Waals surface area contributed by atoms with Crippen LogP contribution in [0.3, 0.4) is 0 Å². The van der Waals surface area contributed by atoms with Crippen molar-refractivity contribution in [3.63, 3.8) is 0 Å². The lowest BCUT2D eigenvalue weighted by Crippen LogP contribution is -2.52. The molecular formula is C29H37Cl3N8O2S. The van der Waals surface area contributed by atoms with Gasteiger partial charge < -0.3 is 20.4 Å². The molecule has 2 aliphatic heterocycles. The van der Waals surface area contributed by atoms with Crippen molar-refractivity contribution in [2.45, 2.75) is 25.8 Å². The monoisotopic (exact) mass is 666 g/mol. The number of nitrogens with one attached hydrogen (secondary N) is 2. The Morgan fingerprint density at radius 3 is 2.30 bits per heavy atom. The smallest absolute Gasteiger partial charge is 0.232 e. The maximum atomic E-state index is 12.2. The van der Waals surface area contributed by atoms with E-state index in [1.165, 1.54) is 13.2 Å². The van der Waals surface area contributed by atoms with Gasteiger partial charge in [-0.1, -0.05) is 34.8 Å². The van der Waals surface area contributed by atoms with E-state index < -0.39 is 10.0 Å². The van der Waals surface area contributed by atoms with E-state index in [2.05, 4.69) is 49.3 Å². The molecule has 0 spiro atoms. The molecular weight excluding hydrogens is 631 g/mol. The number of likely N-dealkylation sites (N-methyl/N-ethyl adjacent to an activating group) is 1. The molecule has 0 saturated carbocycles. The minimum absolute atomic E-state index is 0.246. The molecule has 0 aliphatic carbocycles. The third kappa shape index (κ3) is 7.58. The molecule has 0 radical (unpaired) electrons. The number of nitrogens with zero attached hydrogens (tertiary/aromatic N) is 6. The highest BCUT2D eigenvalue weighted by Crippen LogP contribution is 2.36. The predicted octanol–water partition coefficient (Wildman–Crippen LogP) is 5.84. The minimum Gasteiger partial charge on any atom is -0.371 e. The molecule has 14 heteroatoms. The van der Waals surface area contributed by atoms with Crippen molar-refractivity contribution in [3.05, 3.63) is 57.2 Å². The number of halogens is 3. The molecule has 43 heavy (non-hydrogen) atoms. The van der Waals surface area contributed by atoms with E-state index in [0.717, 1.165) is 73.9 Å². The lowest BCUT2D eigenvalue weighted by atomic mass is 10.0. The van der Waals surface area contributed by atoms with Crippen molar-refractivity contribution in [1.82, 2.24) is 19.8 Å². The van der Waals surface area contributed by atoms with Gasteiger partial charge in [0.05, 0.1) is 34.5 Å². The molecule has 0 amide bonds. The van der Waals surface area contributed by atoms with Gasteiger partial charge in [-0.2, -0.15) is 4.98 Å². The molecule has 2 aromatic carbocycles. The minimum atomic E-state index is -3.52. The first-order valence-electron chi connectivity index (χ1n) is 14.2. The van der Waals surface area contributed by atoms with Crippen LogP contribution in [0.5, 0.6) is 0 Å². The van der Waals surface area contributed by atoms with Gasteiger partial charge in [-0.15, -0.1) is 0 Å². The average Bonchev–Trinajstić information content (AvgIpc) is 2.96. The van der Waals surface area contributed by atoms with Crippen molar-refractivity contribution in [2.75, 3.05) is 79.5 Å². The summed E-state index contributed by atoms with van der Waals surface area (Å²) < 4.78 is 25.6. The number of aryl methyl sites for hydroxylation is 1. The molecule has 10 nitrogen and oxygen atoms in total. The average molecular weight is 668 g/mol. The molecule has 2 fully saturated rings. The van der Waals surface area contributed by atoms with E-state index in [-0.39, 0.29) is 16.8 Å². The number of hydrogen-bond donors (Lipinski definition) is 2. The summed E-state index contributed by atoms with van der Waals surface area (Å²) in [6.07, 6.45) is 4.87. The fourth-order valence-electron chi connectivity index (χ4n) is 5.59. The maximum absolute atomic E-state index is 12.2. The number of piperazine rings is 1. The standard InChI is InChI=1S/C29H37Cl3N8O2S/c1-19-15-24(22(31)17-27(19)40-9-7-21(8-10-40)39-13-11-37(2)12-14-39)35-29-33-18-23(32)28(36-29)34-25-16-20(30)5-6-26(25)38(3)43(4,41)42/h5-6,15-18,21H,7-14H2,1-4H3,(H2,33,34,35,36). The summed E-state index contributed by atoms with van der Waals surface area (Å²) in [6.45, 7) is 8.65. The van der Waals surface area contributed by atoms with E-state index in [4.69, 9.17) is 34.8 Å². The lowest BCUT2D eigenvalue weighted by molar-refractivity contribution is 0.0982. The van der Waals surface area contributed by atoms with Crippen LogP contribution in [0.4, 0.5) is 34.5 Å². The van der Waals surface area contributed by atoms with Crippen LogP contribution in [0.25, 0.3) is 0 Å². The molecule has 3 heterocycles. The van der Waals surface area contributed by atoms with E-state index in [1.54, 1.807) is 18.2 Å². The zero-order valence-electron chi connectivity index (χ0n) is 24.7.